The maximum absolute atomic E-state index is 11.8. The molecule has 1 amide bonds. The van der Waals surface area contributed by atoms with Gasteiger partial charge in [-0.25, -0.2) is 4.98 Å². The van der Waals surface area contributed by atoms with Crippen molar-refractivity contribution in [2.75, 3.05) is 11.9 Å². The highest BCUT2D eigenvalue weighted by molar-refractivity contribution is 7.16. The predicted molar refractivity (Wildman–Crippen MR) is 80.5 cm³/mol. The molecule has 4 nitrogen and oxygen atoms in total. The van der Waals surface area contributed by atoms with Crippen LogP contribution in [-0.2, 0) is 4.79 Å². The Kier molecular flexibility index (Phi) is 6.03. The molecule has 0 unspecified atom stereocenters. The van der Waals surface area contributed by atoms with E-state index in [1.54, 1.807) is 6.20 Å². The van der Waals surface area contributed by atoms with Crippen molar-refractivity contribution in [2.45, 2.75) is 44.9 Å². The van der Waals surface area contributed by atoms with Crippen LogP contribution in [-0.4, -0.2) is 22.6 Å². The number of amides is 1. The van der Waals surface area contributed by atoms with Gasteiger partial charge in [0.1, 0.15) is 0 Å². The average Bonchev–Trinajstić information content (AvgIpc) is 3.08. The summed E-state index contributed by atoms with van der Waals surface area (Å²) in [5.74, 6) is 6.52. The van der Waals surface area contributed by atoms with Crippen LogP contribution in [0.3, 0.4) is 0 Å². The monoisotopic (exact) mass is 292 g/mol. The van der Waals surface area contributed by atoms with Crippen LogP contribution in [0.1, 0.15) is 49.8 Å². The van der Waals surface area contributed by atoms with Crippen LogP contribution in [0.5, 0.6) is 0 Å². The van der Waals surface area contributed by atoms with Gasteiger partial charge in [0.05, 0.1) is 17.7 Å². The Labute approximate surface area is 123 Å². The third kappa shape index (κ3) is 4.95. The molecule has 0 atom stereocenters. The third-order valence-corrected chi connectivity index (χ3v) is 4.28. The SMILES string of the molecule is O=C(CCC1CCCC1)Nc1ncc(C#CCCO)s1. The second-order valence-electron chi connectivity index (χ2n) is 5.04. The van der Waals surface area contributed by atoms with Crippen LogP contribution >= 0.6 is 11.3 Å². The number of anilines is 1. The van der Waals surface area contributed by atoms with Gasteiger partial charge in [-0.2, -0.15) is 0 Å². The van der Waals surface area contributed by atoms with E-state index in [4.69, 9.17) is 5.11 Å². The first kappa shape index (κ1) is 15.0. The summed E-state index contributed by atoms with van der Waals surface area (Å²) in [4.78, 5) is 16.8. The molecule has 0 saturated heterocycles. The normalized spacial score (nSPS) is 14.8. The molecule has 1 aliphatic rings. The van der Waals surface area contributed by atoms with E-state index in [1.165, 1.54) is 37.0 Å². The Hall–Kier alpha value is -1.38. The van der Waals surface area contributed by atoms with E-state index in [2.05, 4.69) is 22.1 Å². The molecule has 20 heavy (non-hydrogen) atoms. The van der Waals surface area contributed by atoms with Crippen LogP contribution in [0.4, 0.5) is 5.13 Å². The molecule has 0 radical (unpaired) electrons. The van der Waals surface area contributed by atoms with E-state index < -0.39 is 0 Å². The number of rotatable bonds is 5. The van der Waals surface area contributed by atoms with Crippen molar-refractivity contribution in [3.8, 4) is 11.8 Å². The summed E-state index contributed by atoms with van der Waals surface area (Å²) in [5, 5.41) is 12.1. The Morgan fingerprint density at radius 3 is 3.05 bits per heavy atom. The number of carbonyl (C=O) groups excluding carboxylic acids is 1. The quantitative estimate of drug-likeness (QED) is 0.820. The van der Waals surface area contributed by atoms with E-state index in [0.717, 1.165) is 17.2 Å². The lowest BCUT2D eigenvalue weighted by Crippen LogP contribution is -2.12. The Balaban J connectivity index is 1.75. The zero-order valence-corrected chi connectivity index (χ0v) is 12.3. The van der Waals surface area contributed by atoms with Gasteiger partial charge in [0.2, 0.25) is 5.91 Å². The highest BCUT2D eigenvalue weighted by Crippen LogP contribution is 2.28. The second kappa shape index (κ2) is 8.03. The Morgan fingerprint density at radius 2 is 2.30 bits per heavy atom. The molecule has 0 spiro atoms. The number of aliphatic hydroxyl groups excluding tert-OH is 1. The third-order valence-electron chi connectivity index (χ3n) is 3.45. The average molecular weight is 292 g/mol. The molecule has 1 saturated carbocycles. The minimum Gasteiger partial charge on any atom is -0.395 e. The van der Waals surface area contributed by atoms with Crippen LogP contribution in [0.15, 0.2) is 6.20 Å². The van der Waals surface area contributed by atoms with E-state index in [0.29, 0.717) is 18.0 Å². The van der Waals surface area contributed by atoms with Crippen LogP contribution in [0, 0.1) is 17.8 Å². The van der Waals surface area contributed by atoms with Gasteiger partial charge < -0.3 is 10.4 Å². The highest BCUT2D eigenvalue weighted by atomic mass is 32.1. The highest BCUT2D eigenvalue weighted by Gasteiger charge is 2.16. The summed E-state index contributed by atoms with van der Waals surface area (Å²) in [6.45, 7) is 0.0660. The summed E-state index contributed by atoms with van der Waals surface area (Å²) < 4.78 is 0. The molecule has 1 heterocycles. The number of carbonyl (C=O) groups is 1. The van der Waals surface area contributed by atoms with Gasteiger partial charge in [0, 0.05) is 12.8 Å². The second-order valence-corrected chi connectivity index (χ2v) is 6.07. The van der Waals surface area contributed by atoms with Crippen LogP contribution in [0.25, 0.3) is 0 Å². The fraction of sp³-hybridized carbons (Fsp3) is 0.600. The number of nitrogens with one attached hydrogen (secondary N) is 1. The van der Waals surface area contributed by atoms with Crippen LogP contribution < -0.4 is 5.32 Å². The summed E-state index contributed by atoms with van der Waals surface area (Å²) >= 11 is 1.37. The molecule has 0 aliphatic heterocycles. The summed E-state index contributed by atoms with van der Waals surface area (Å²) in [5.41, 5.74) is 0. The van der Waals surface area contributed by atoms with Crippen molar-refractivity contribution >= 4 is 22.4 Å². The van der Waals surface area contributed by atoms with Crippen molar-refractivity contribution in [1.82, 2.24) is 4.98 Å². The molecule has 2 rings (SSSR count). The maximum atomic E-state index is 11.8. The Morgan fingerprint density at radius 1 is 1.50 bits per heavy atom. The first-order valence-electron chi connectivity index (χ1n) is 7.13. The van der Waals surface area contributed by atoms with Crippen molar-refractivity contribution in [2.24, 2.45) is 5.92 Å². The molecular weight excluding hydrogens is 272 g/mol. The molecule has 0 aromatic carbocycles. The number of hydrogen-bond donors (Lipinski definition) is 2. The summed E-state index contributed by atoms with van der Waals surface area (Å²) in [7, 11) is 0. The minimum absolute atomic E-state index is 0.0427. The lowest BCUT2D eigenvalue weighted by atomic mass is 10.0. The van der Waals surface area contributed by atoms with E-state index in [1.807, 2.05) is 0 Å². The maximum Gasteiger partial charge on any atom is 0.226 e. The number of hydrogen-bond acceptors (Lipinski definition) is 4. The number of thiazole rings is 1. The molecule has 1 aromatic heterocycles. The minimum atomic E-state index is 0.0427. The van der Waals surface area contributed by atoms with Crippen molar-refractivity contribution < 1.29 is 9.90 Å². The molecule has 1 aliphatic carbocycles. The zero-order valence-electron chi connectivity index (χ0n) is 11.5. The fourth-order valence-electron chi connectivity index (χ4n) is 2.41. The number of nitrogens with zero attached hydrogens (tertiary/aromatic N) is 1. The lowest BCUT2D eigenvalue weighted by Gasteiger charge is -2.07. The number of aliphatic hydroxyl groups is 1. The van der Waals surface area contributed by atoms with E-state index in [9.17, 15) is 4.79 Å². The molecular formula is C15H20N2O2S. The number of aromatic nitrogens is 1. The van der Waals surface area contributed by atoms with Crippen LogP contribution in [0.2, 0.25) is 0 Å². The van der Waals surface area contributed by atoms with Gasteiger partial charge in [-0.3, -0.25) is 4.79 Å². The molecule has 1 fully saturated rings. The molecule has 0 bridgehead atoms. The molecule has 2 N–H and O–H groups in total. The molecule has 108 valence electrons. The lowest BCUT2D eigenvalue weighted by molar-refractivity contribution is -0.116. The van der Waals surface area contributed by atoms with Gasteiger partial charge in [-0.15, -0.1) is 0 Å². The first-order chi connectivity index (χ1) is 9.78. The zero-order chi connectivity index (χ0) is 14.2. The standard InChI is InChI=1S/C15H20N2O2S/c18-10-4-3-7-13-11-16-15(20-13)17-14(19)9-8-12-5-1-2-6-12/h11-12,18H,1-2,4-6,8-10H2,(H,16,17,19). The topological polar surface area (TPSA) is 62.2 Å². The summed E-state index contributed by atoms with van der Waals surface area (Å²) in [6.07, 6.45) is 8.85. The van der Waals surface area contributed by atoms with Crippen molar-refractivity contribution in [3.05, 3.63) is 11.1 Å². The van der Waals surface area contributed by atoms with E-state index >= 15 is 0 Å². The smallest absolute Gasteiger partial charge is 0.226 e. The fourth-order valence-corrected chi connectivity index (χ4v) is 3.12. The van der Waals surface area contributed by atoms with Gasteiger partial charge in [-0.1, -0.05) is 48.9 Å². The van der Waals surface area contributed by atoms with E-state index in [-0.39, 0.29) is 12.5 Å². The van der Waals surface area contributed by atoms with Gasteiger partial charge >= 0.3 is 0 Å². The molecule has 1 aromatic rings. The largest absolute Gasteiger partial charge is 0.395 e. The van der Waals surface area contributed by atoms with Gasteiger partial charge in [0.15, 0.2) is 5.13 Å². The molecule has 5 heteroatoms. The summed E-state index contributed by atoms with van der Waals surface area (Å²) in [6, 6.07) is 0. The first-order valence-corrected chi connectivity index (χ1v) is 7.95. The predicted octanol–water partition coefficient (Wildman–Crippen LogP) is 2.79. The van der Waals surface area contributed by atoms with Crippen molar-refractivity contribution in [1.29, 1.82) is 0 Å². The van der Waals surface area contributed by atoms with Gasteiger partial charge in [0.25, 0.3) is 0 Å². The Bertz CT molecular complexity index is 495. The van der Waals surface area contributed by atoms with Crippen molar-refractivity contribution in [3.63, 3.8) is 0 Å². The van der Waals surface area contributed by atoms with Gasteiger partial charge in [-0.05, 0) is 12.3 Å².